The van der Waals surface area contributed by atoms with Gasteiger partial charge in [-0.2, -0.15) is 0 Å². The second-order valence-electron chi connectivity index (χ2n) is 5.25. The number of hydrogen-bond donors (Lipinski definition) is 2. The van der Waals surface area contributed by atoms with Gasteiger partial charge in [0.05, 0.1) is 5.69 Å². The van der Waals surface area contributed by atoms with Crippen LogP contribution in [0.25, 0.3) is 0 Å². The number of hydrogen-bond acceptors (Lipinski definition) is 2. The van der Waals surface area contributed by atoms with E-state index in [0.717, 1.165) is 4.47 Å². The summed E-state index contributed by atoms with van der Waals surface area (Å²) in [5.41, 5.74) is -0.121. The van der Waals surface area contributed by atoms with Crippen LogP contribution in [-0.4, -0.2) is 17.0 Å². The monoisotopic (exact) mass is 391 g/mol. The van der Waals surface area contributed by atoms with E-state index in [4.69, 9.17) is 0 Å². The van der Waals surface area contributed by atoms with Crippen molar-refractivity contribution in [3.63, 3.8) is 0 Å². The lowest BCUT2D eigenvalue weighted by atomic mass is 9.80. The van der Waals surface area contributed by atoms with Crippen LogP contribution < -0.4 is 5.32 Å². The SMILES string of the molecule is CC(C)(C)C(C(=O)O)C(=O)Nc1cc(Br)ccc1Br. The number of amides is 1. The van der Waals surface area contributed by atoms with E-state index in [0.29, 0.717) is 10.2 Å². The van der Waals surface area contributed by atoms with E-state index >= 15 is 0 Å². The van der Waals surface area contributed by atoms with Gasteiger partial charge in [0.1, 0.15) is 5.92 Å². The molecule has 2 N–H and O–H groups in total. The van der Waals surface area contributed by atoms with Crippen molar-refractivity contribution >= 4 is 49.4 Å². The van der Waals surface area contributed by atoms with Crippen molar-refractivity contribution in [2.45, 2.75) is 20.8 Å². The molecule has 1 aromatic carbocycles. The summed E-state index contributed by atoms with van der Waals surface area (Å²) < 4.78 is 1.50. The van der Waals surface area contributed by atoms with Crippen LogP contribution >= 0.6 is 31.9 Å². The second kappa shape index (κ2) is 6.05. The van der Waals surface area contributed by atoms with Crippen molar-refractivity contribution in [2.75, 3.05) is 5.32 Å². The summed E-state index contributed by atoms with van der Waals surface area (Å²) in [5, 5.41) is 11.8. The van der Waals surface area contributed by atoms with Gasteiger partial charge in [-0.25, -0.2) is 0 Å². The molecular formula is C13H15Br2NO3. The van der Waals surface area contributed by atoms with Gasteiger partial charge in [0.15, 0.2) is 0 Å². The Bertz CT molecular complexity index is 509. The molecule has 0 aliphatic carbocycles. The van der Waals surface area contributed by atoms with Crippen molar-refractivity contribution in [2.24, 2.45) is 11.3 Å². The Morgan fingerprint density at radius 1 is 1.26 bits per heavy atom. The molecule has 1 unspecified atom stereocenters. The summed E-state index contributed by atoms with van der Waals surface area (Å²) in [6, 6.07) is 5.30. The number of carboxylic acids is 1. The Morgan fingerprint density at radius 3 is 2.32 bits per heavy atom. The standard InChI is InChI=1S/C13H15Br2NO3/c1-13(2,3)10(12(18)19)11(17)16-9-6-7(14)4-5-8(9)15/h4-6,10H,1-3H3,(H,16,17)(H,18,19). The van der Waals surface area contributed by atoms with E-state index < -0.39 is 23.2 Å². The highest BCUT2D eigenvalue weighted by molar-refractivity contribution is 9.11. The zero-order valence-electron chi connectivity index (χ0n) is 10.8. The smallest absolute Gasteiger partial charge is 0.316 e. The number of benzene rings is 1. The number of nitrogens with one attached hydrogen (secondary N) is 1. The average Bonchev–Trinajstić information content (AvgIpc) is 2.20. The first-order chi connectivity index (χ1) is 8.62. The zero-order valence-corrected chi connectivity index (χ0v) is 14.0. The molecule has 0 radical (unpaired) electrons. The lowest BCUT2D eigenvalue weighted by Crippen LogP contribution is -2.39. The zero-order chi connectivity index (χ0) is 14.8. The van der Waals surface area contributed by atoms with Gasteiger partial charge in [-0.1, -0.05) is 36.7 Å². The molecule has 0 heterocycles. The van der Waals surface area contributed by atoms with Crippen LogP contribution in [0.5, 0.6) is 0 Å². The van der Waals surface area contributed by atoms with E-state index in [1.54, 1.807) is 32.9 Å². The lowest BCUT2D eigenvalue weighted by Gasteiger charge is -2.26. The Labute approximate surface area is 128 Å². The molecule has 0 fully saturated rings. The highest BCUT2D eigenvalue weighted by Crippen LogP contribution is 2.30. The van der Waals surface area contributed by atoms with Gasteiger partial charge in [0, 0.05) is 8.95 Å². The summed E-state index contributed by atoms with van der Waals surface area (Å²) >= 11 is 6.62. The third kappa shape index (κ3) is 4.31. The average molecular weight is 393 g/mol. The van der Waals surface area contributed by atoms with Crippen LogP contribution in [-0.2, 0) is 9.59 Å². The highest BCUT2D eigenvalue weighted by atomic mass is 79.9. The Hall–Kier alpha value is -0.880. The third-order valence-corrected chi connectivity index (χ3v) is 3.75. The summed E-state index contributed by atoms with van der Waals surface area (Å²) in [7, 11) is 0. The van der Waals surface area contributed by atoms with E-state index in [1.807, 2.05) is 6.07 Å². The van der Waals surface area contributed by atoms with Crippen LogP contribution in [0.1, 0.15) is 20.8 Å². The third-order valence-electron chi connectivity index (χ3n) is 2.56. The Kier molecular flexibility index (Phi) is 5.15. The molecule has 104 valence electrons. The van der Waals surface area contributed by atoms with Crippen molar-refractivity contribution < 1.29 is 14.7 Å². The number of rotatable bonds is 3. The van der Waals surface area contributed by atoms with Gasteiger partial charge >= 0.3 is 5.97 Å². The molecule has 0 saturated carbocycles. The number of carbonyl (C=O) groups is 2. The van der Waals surface area contributed by atoms with Crippen LogP contribution in [0.4, 0.5) is 5.69 Å². The van der Waals surface area contributed by atoms with Crippen molar-refractivity contribution in [3.8, 4) is 0 Å². The predicted octanol–water partition coefficient (Wildman–Crippen LogP) is 3.90. The van der Waals surface area contributed by atoms with E-state index in [2.05, 4.69) is 37.2 Å². The lowest BCUT2D eigenvalue weighted by molar-refractivity contribution is -0.149. The fraction of sp³-hybridized carbons (Fsp3) is 0.385. The van der Waals surface area contributed by atoms with Crippen molar-refractivity contribution in [3.05, 3.63) is 27.1 Å². The fourth-order valence-electron chi connectivity index (χ4n) is 1.67. The molecule has 4 nitrogen and oxygen atoms in total. The van der Waals surface area contributed by atoms with Gasteiger partial charge in [-0.3, -0.25) is 9.59 Å². The fourth-order valence-corrected chi connectivity index (χ4v) is 2.38. The molecular weight excluding hydrogens is 378 g/mol. The molecule has 0 aliphatic rings. The van der Waals surface area contributed by atoms with Gasteiger partial charge in [0.25, 0.3) is 0 Å². The number of halogens is 2. The molecule has 1 atom stereocenters. The van der Waals surface area contributed by atoms with Crippen molar-refractivity contribution in [1.29, 1.82) is 0 Å². The van der Waals surface area contributed by atoms with Crippen LogP contribution in [0.2, 0.25) is 0 Å². The molecule has 1 amide bonds. The van der Waals surface area contributed by atoms with Gasteiger partial charge in [-0.05, 0) is 39.5 Å². The molecule has 0 saturated heterocycles. The minimum absolute atomic E-state index is 0.529. The van der Waals surface area contributed by atoms with E-state index in [1.165, 1.54) is 0 Å². The molecule has 0 spiro atoms. The normalized spacial score (nSPS) is 12.9. The number of carboxylic acid groups (broad SMARTS) is 1. The van der Waals surface area contributed by atoms with E-state index in [-0.39, 0.29) is 0 Å². The molecule has 0 aromatic heterocycles. The molecule has 1 aromatic rings. The molecule has 19 heavy (non-hydrogen) atoms. The van der Waals surface area contributed by atoms with E-state index in [9.17, 15) is 14.7 Å². The summed E-state index contributed by atoms with van der Waals surface area (Å²) in [6.07, 6.45) is 0. The summed E-state index contributed by atoms with van der Waals surface area (Å²) in [5.74, 6) is -2.77. The molecule has 0 bridgehead atoms. The van der Waals surface area contributed by atoms with Gasteiger partial charge in [0.2, 0.25) is 5.91 Å². The molecule has 1 rings (SSSR count). The largest absolute Gasteiger partial charge is 0.481 e. The number of carbonyl (C=O) groups excluding carboxylic acids is 1. The minimum Gasteiger partial charge on any atom is -0.481 e. The topological polar surface area (TPSA) is 66.4 Å². The minimum atomic E-state index is -1.13. The maximum absolute atomic E-state index is 12.1. The number of anilines is 1. The summed E-state index contributed by atoms with van der Waals surface area (Å²) in [6.45, 7) is 5.17. The maximum atomic E-state index is 12.1. The Balaban J connectivity index is 3.01. The van der Waals surface area contributed by atoms with Crippen LogP contribution in [0, 0.1) is 11.3 Å². The second-order valence-corrected chi connectivity index (χ2v) is 7.02. The number of aliphatic carboxylic acids is 1. The highest BCUT2D eigenvalue weighted by Gasteiger charge is 2.37. The molecule has 0 aliphatic heterocycles. The van der Waals surface area contributed by atoms with Crippen LogP contribution in [0.15, 0.2) is 27.1 Å². The van der Waals surface area contributed by atoms with Crippen LogP contribution in [0.3, 0.4) is 0 Å². The summed E-state index contributed by atoms with van der Waals surface area (Å²) in [4.78, 5) is 23.4. The molecule has 6 heteroatoms. The Morgan fingerprint density at radius 2 is 1.84 bits per heavy atom. The predicted molar refractivity (Wildman–Crippen MR) is 81.1 cm³/mol. The maximum Gasteiger partial charge on any atom is 0.316 e. The first-order valence-electron chi connectivity index (χ1n) is 5.61. The van der Waals surface area contributed by atoms with Gasteiger partial charge in [-0.15, -0.1) is 0 Å². The van der Waals surface area contributed by atoms with Gasteiger partial charge < -0.3 is 10.4 Å². The van der Waals surface area contributed by atoms with Crippen molar-refractivity contribution in [1.82, 2.24) is 0 Å². The quantitative estimate of drug-likeness (QED) is 0.766. The first kappa shape index (κ1) is 16.2. The first-order valence-corrected chi connectivity index (χ1v) is 7.20.